The molecule has 0 N–H and O–H groups in total. The number of unbranched alkanes of at least 4 members (excludes halogenated alkanes) is 8. The van der Waals surface area contributed by atoms with E-state index in [2.05, 4.69) is 11.7 Å². The number of carbonyl (C=O) groups is 1. The van der Waals surface area contributed by atoms with Crippen LogP contribution in [-0.4, -0.2) is 29.5 Å². The Morgan fingerprint density at radius 1 is 1.04 bits per heavy atom. The van der Waals surface area contributed by atoms with E-state index < -0.39 is 23.4 Å². The van der Waals surface area contributed by atoms with Crippen LogP contribution in [0.5, 0.6) is 0 Å². The highest BCUT2D eigenvalue weighted by Crippen LogP contribution is 2.24. The molecule has 0 amide bonds. The first-order valence-electron chi connectivity index (χ1n) is 8.69. The van der Waals surface area contributed by atoms with E-state index >= 15 is 0 Å². The Balaban J connectivity index is 2.13. The van der Waals surface area contributed by atoms with Gasteiger partial charge in [-0.3, -0.25) is 8.37 Å². The normalized spacial score (nSPS) is 24.3. The molecule has 1 heterocycles. The van der Waals surface area contributed by atoms with Crippen molar-refractivity contribution in [3.63, 3.8) is 0 Å². The highest BCUT2D eigenvalue weighted by molar-refractivity contribution is 7.75. The van der Waals surface area contributed by atoms with Gasteiger partial charge in [0.15, 0.2) is 0 Å². The summed E-state index contributed by atoms with van der Waals surface area (Å²) in [4.78, 5) is 11.1. The second-order valence-electron chi connectivity index (χ2n) is 5.90. The van der Waals surface area contributed by atoms with Gasteiger partial charge in [-0.25, -0.2) is 4.79 Å². The predicted octanol–water partition coefficient (Wildman–Crippen LogP) is 4.00. The Kier molecular flexibility index (Phi) is 11.2. The van der Waals surface area contributed by atoms with Crippen molar-refractivity contribution >= 4 is 17.3 Å². The molecule has 1 fully saturated rings. The fourth-order valence-corrected chi connectivity index (χ4v) is 3.42. The first-order chi connectivity index (χ1) is 11.2. The third-order valence-corrected chi connectivity index (χ3v) is 4.76. The molecule has 3 atom stereocenters. The second kappa shape index (κ2) is 12.7. The fourth-order valence-electron chi connectivity index (χ4n) is 2.60. The summed E-state index contributed by atoms with van der Waals surface area (Å²) in [6, 6.07) is 0. The summed E-state index contributed by atoms with van der Waals surface area (Å²) in [6.07, 6.45) is 14.3. The topological polar surface area (TPSA) is 61.8 Å². The lowest BCUT2D eigenvalue weighted by molar-refractivity contribution is -0.134. The molecule has 0 radical (unpaired) electrons. The quantitative estimate of drug-likeness (QED) is 0.304. The van der Waals surface area contributed by atoms with Gasteiger partial charge in [-0.2, -0.15) is 4.21 Å². The van der Waals surface area contributed by atoms with Crippen LogP contribution in [0.25, 0.3) is 0 Å². The minimum Gasteiger partial charge on any atom is -0.466 e. The first-order valence-corrected chi connectivity index (χ1v) is 9.69. The van der Waals surface area contributed by atoms with Gasteiger partial charge >= 0.3 is 17.3 Å². The fraction of sp³-hybridized carbons (Fsp3) is 0.824. The van der Waals surface area contributed by atoms with Crippen molar-refractivity contribution < 1.29 is 22.1 Å². The highest BCUT2D eigenvalue weighted by Gasteiger charge is 2.32. The molecular weight excluding hydrogens is 316 g/mol. The Morgan fingerprint density at radius 2 is 1.65 bits per heavy atom. The smallest absolute Gasteiger partial charge is 0.330 e. The first kappa shape index (κ1) is 20.3. The third-order valence-electron chi connectivity index (χ3n) is 3.97. The van der Waals surface area contributed by atoms with Crippen LogP contribution in [0.15, 0.2) is 12.2 Å². The van der Waals surface area contributed by atoms with Gasteiger partial charge in [-0.05, 0) is 12.5 Å². The van der Waals surface area contributed by atoms with E-state index in [1.54, 1.807) is 6.08 Å². The van der Waals surface area contributed by atoms with Crippen molar-refractivity contribution in [3.8, 4) is 0 Å². The van der Waals surface area contributed by atoms with Gasteiger partial charge in [0.2, 0.25) is 0 Å². The summed E-state index contributed by atoms with van der Waals surface area (Å²) in [6.45, 7) is 2.23. The van der Waals surface area contributed by atoms with Crippen LogP contribution in [0.3, 0.4) is 0 Å². The number of hydrogen-bond donors (Lipinski definition) is 0. The average Bonchev–Trinajstić information content (AvgIpc) is 2.90. The molecule has 134 valence electrons. The van der Waals surface area contributed by atoms with E-state index in [0.717, 1.165) is 19.3 Å². The number of hydrogen-bond acceptors (Lipinski definition) is 5. The molecule has 1 saturated heterocycles. The molecule has 0 saturated carbocycles. The molecule has 1 unspecified atom stereocenters. The van der Waals surface area contributed by atoms with E-state index in [1.165, 1.54) is 58.1 Å². The standard InChI is InChI=1S/C17H30O5S/c1-3-4-5-6-7-8-9-10-11-12-15-16(22-23(19)21-15)13-14-17(18)20-2/h13-16H,3-12H2,1-2H3/b14-13+/t15-,16+,23?/m1/s1. The maximum Gasteiger partial charge on any atom is 0.330 e. The number of rotatable bonds is 12. The third kappa shape index (κ3) is 9.23. The molecule has 1 aliphatic rings. The van der Waals surface area contributed by atoms with Gasteiger partial charge in [0, 0.05) is 6.08 Å². The van der Waals surface area contributed by atoms with Gasteiger partial charge in [0.05, 0.1) is 7.11 Å². The minimum atomic E-state index is -1.72. The molecule has 23 heavy (non-hydrogen) atoms. The van der Waals surface area contributed by atoms with Crippen molar-refractivity contribution in [2.75, 3.05) is 7.11 Å². The summed E-state index contributed by atoms with van der Waals surface area (Å²) in [5, 5.41) is 0. The molecule has 0 aliphatic carbocycles. The van der Waals surface area contributed by atoms with Gasteiger partial charge in [-0.15, -0.1) is 0 Å². The lowest BCUT2D eigenvalue weighted by Crippen LogP contribution is -2.20. The van der Waals surface area contributed by atoms with Crippen LogP contribution in [0.4, 0.5) is 0 Å². The van der Waals surface area contributed by atoms with Crippen LogP contribution in [0.1, 0.15) is 71.1 Å². The molecule has 0 aromatic carbocycles. The molecule has 0 bridgehead atoms. The molecular formula is C17H30O5S. The Morgan fingerprint density at radius 3 is 2.26 bits per heavy atom. The summed E-state index contributed by atoms with van der Waals surface area (Å²) in [5.74, 6) is -0.451. The second-order valence-corrected chi connectivity index (χ2v) is 6.69. The maximum absolute atomic E-state index is 11.4. The lowest BCUT2D eigenvalue weighted by atomic mass is 10.0. The number of ether oxygens (including phenoxy) is 1. The van der Waals surface area contributed by atoms with Crippen LogP contribution in [0, 0.1) is 0 Å². The zero-order chi connectivity index (χ0) is 16.9. The van der Waals surface area contributed by atoms with Crippen LogP contribution >= 0.6 is 0 Å². The highest BCUT2D eigenvalue weighted by atomic mass is 32.2. The Hall–Kier alpha value is -0.720. The zero-order valence-corrected chi connectivity index (χ0v) is 15.1. The largest absolute Gasteiger partial charge is 0.466 e. The molecule has 1 aliphatic heterocycles. The zero-order valence-electron chi connectivity index (χ0n) is 14.3. The van der Waals surface area contributed by atoms with Gasteiger partial charge < -0.3 is 4.74 Å². The van der Waals surface area contributed by atoms with Crippen LogP contribution in [-0.2, 0) is 29.3 Å². The summed E-state index contributed by atoms with van der Waals surface area (Å²) < 4.78 is 26.3. The monoisotopic (exact) mass is 346 g/mol. The summed E-state index contributed by atoms with van der Waals surface area (Å²) >= 11 is -1.72. The average molecular weight is 346 g/mol. The van der Waals surface area contributed by atoms with Crippen LogP contribution in [0.2, 0.25) is 0 Å². The van der Waals surface area contributed by atoms with Crippen molar-refractivity contribution in [3.05, 3.63) is 12.2 Å². The Labute approximate surface area is 142 Å². The molecule has 0 aromatic heterocycles. The van der Waals surface area contributed by atoms with Crippen molar-refractivity contribution in [2.45, 2.75) is 83.3 Å². The van der Waals surface area contributed by atoms with Crippen LogP contribution < -0.4 is 0 Å². The number of esters is 1. The molecule has 1 rings (SSSR count). The maximum atomic E-state index is 11.4. The molecule has 0 spiro atoms. The van der Waals surface area contributed by atoms with Crippen molar-refractivity contribution in [1.29, 1.82) is 0 Å². The summed E-state index contributed by atoms with van der Waals surface area (Å²) in [5.41, 5.74) is 0. The van der Waals surface area contributed by atoms with E-state index in [9.17, 15) is 9.00 Å². The van der Waals surface area contributed by atoms with E-state index in [-0.39, 0.29) is 6.10 Å². The summed E-state index contributed by atoms with van der Waals surface area (Å²) in [7, 11) is 1.32. The Bertz CT molecular complexity index is 383. The van der Waals surface area contributed by atoms with E-state index in [1.807, 2.05) is 0 Å². The van der Waals surface area contributed by atoms with Gasteiger partial charge in [0.1, 0.15) is 12.2 Å². The van der Waals surface area contributed by atoms with Crippen molar-refractivity contribution in [1.82, 2.24) is 0 Å². The van der Waals surface area contributed by atoms with Gasteiger partial charge in [0.25, 0.3) is 0 Å². The SMILES string of the molecule is CCCCCCCCCCC[C@H]1OS(=O)O[C@H]1/C=C/C(=O)OC. The minimum absolute atomic E-state index is 0.249. The van der Waals surface area contributed by atoms with E-state index in [4.69, 9.17) is 8.37 Å². The van der Waals surface area contributed by atoms with Crippen molar-refractivity contribution in [2.24, 2.45) is 0 Å². The lowest BCUT2D eigenvalue weighted by Gasteiger charge is -2.11. The molecule has 5 nitrogen and oxygen atoms in total. The van der Waals surface area contributed by atoms with E-state index in [0.29, 0.717) is 0 Å². The molecule has 6 heteroatoms. The number of carbonyl (C=O) groups excluding carboxylic acids is 1. The molecule has 0 aromatic rings. The number of methoxy groups -OCH3 is 1. The predicted molar refractivity (Wildman–Crippen MR) is 90.9 cm³/mol. The van der Waals surface area contributed by atoms with Gasteiger partial charge in [-0.1, -0.05) is 64.7 Å².